The van der Waals surface area contributed by atoms with Gasteiger partial charge in [-0.25, -0.2) is 4.79 Å². The van der Waals surface area contributed by atoms with Gasteiger partial charge >= 0.3 is 11.9 Å². The standard InChI is InChI=1S/C15H23NO5/c1-6-7-16-11(8-13(17)19-4)15(10(2)3)21-12(16)9-14(18)20-5/h6,8,10,12,15H,1,7,9H2,2-5H3/b11-8+. The van der Waals surface area contributed by atoms with Crippen molar-refractivity contribution in [2.75, 3.05) is 20.8 Å². The Morgan fingerprint density at radius 2 is 2.05 bits per heavy atom. The summed E-state index contributed by atoms with van der Waals surface area (Å²) in [6.45, 7) is 8.15. The van der Waals surface area contributed by atoms with Crippen LogP contribution in [0.1, 0.15) is 20.3 Å². The third kappa shape index (κ3) is 4.32. The number of hydrogen-bond acceptors (Lipinski definition) is 6. The van der Waals surface area contributed by atoms with Gasteiger partial charge in [-0.2, -0.15) is 0 Å². The van der Waals surface area contributed by atoms with E-state index in [0.717, 1.165) is 0 Å². The van der Waals surface area contributed by atoms with Gasteiger partial charge in [0.25, 0.3) is 0 Å². The van der Waals surface area contributed by atoms with Crippen LogP contribution in [0.25, 0.3) is 0 Å². The second-order valence-corrected chi connectivity index (χ2v) is 5.07. The monoisotopic (exact) mass is 297 g/mol. The molecule has 0 N–H and O–H groups in total. The molecule has 1 fully saturated rings. The van der Waals surface area contributed by atoms with Crippen LogP contribution in [0, 0.1) is 5.92 Å². The van der Waals surface area contributed by atoms with Crippen molar-refractivity contribution in [1.29, 1.82) is 0 Å². The van der Waals surface area contributed by atoms with Gasteiger partial charge in [0.15, 0.2) is 0 Å². The number of ether oxygens (including phenoxy) is 3. The van der Waals surface area contributed by atoms with Gasteiger partial charge in [-0.05, 0) is 5.92 Å². The Labute approximate surface area is 125 Å². The molecule has 6 nitrogen and oxygen atoms in total. The van der Waals surface area contributed by atoms with Crippen molar-refractivity contribution in [2.24, 2.45) is 5.92 Å². The van der Waals surface area contributed by atoms with Crippen LogP contribution in [0.3, 0.4) is 0 Å². The molecule has 2 unspecified atom stereocenters. The smallest absolute Gasteiger partial charge is 0.332 e. The molecule has 118 valence electrons. The lowest BCUT2D eigenvalue weighted by Gasteiger charge is -2.23. The van der Waals surface area contributed by atoms with Crippen LogP contribution in [0.2, 0.25) is 0 Å². The second kappa shape index (κ2) is 7.83. The first-order chi connectivity index (χ1) is 9.94. The van der Waals surface area contributed by atoms with Crippen LogP contribution < -0.4 is 0 Å². The highest BCUT2D eigenvalue weighted by molar-refractivity contribution is 5.82. The Hall–Kier alpha value is -1.82. The van der Waals surface area contributed by atoms with Gasteiger partial charge in [-0.3, -0.25) is 4.79 Å². The Morgan fingerprint density at radius 3 is 2.52 bits per heavy atom. The number of hydrogen-bond donors (Lipinski definition) is 0. The molecular weight excluding hydrogens is 274 g/mol. The lowest BCUT2D eigenvalue weighted by molar-refractivity contribution is -0.146. The molecule has 1 aliphatic heterocycles. The van der Waals surface area contributed by atoms with E-state index < -0.39 is 12.2 Å². The second-order valence-electron chi connectivity index (χ2n) is 5.07. The molecule has 0 aliphatic carbocycles. The van der Waals surface area contributed by atoms with Crippen molar-refractivity contribution >= 4 is 11.9 Å². The maximum atomic E-state index is 11.6. The summed E-state index contributed by atoms with van der Waals surface area (Å²) >= 11 is 0. The minimum absolute atomic E-state index is 0.0894. The Kier molecular flexibility index (Phi) is 6.42. The fourth-order valence-electron chi connectivity index (χ4n) is 2.23. The predicted octanol–water partition coefficient (Wildman–Crippen LogP) is 1.48. The Bertz CT molecular complexity index is 430. The van der Waals surface area contributed by atoms with Gasteiger partial charge in [0.1, 0.15) is 12.3 Å². The average Bonchev–Trinajstić information content (AvgIpc) is 2.77. The first-order valence-electron chi connectivity index (χ1n) is 6.83. The van der Waals surface area contributed by atoms with E-state index in [-0.39, 0.29) is 24.4 Å². The summed E-state index contributed by atoms with van der Waals surface area (Å²) < 4.78 is 15.3. The van der Waals surface area contributed by atoms with E-state index in [1.54, 1.807) is 6.08 Å². The molecule has 0 aromatic rings. The molecule has 0 spiro atoms. The number of carbonyl (C=O) groups is 2. The van der Waals surface area contributed by atoms with Crippen molar-refractivity contribution in [3.63, 3.8) is 0 Å². The zero-order valence-electron chi connectivity index (χ0n) is 13.0. The normalized spacial score (nSPS) is 23.5. The van der Waals surface area contributed by atoms with Gasteiger partial charge in [0.05, 0.1) is 26.3 Å². The van der Waals surface area contributed by atoms with Gasteiger partial charge in [-0.1, -0.05) is 19.9 Å². The molecular formula is C15H23NO5. The first-order valence-corrected chi connectivity index (χ1v) is 6.83. The fraction of sp³-hybridized carbons (Fsp3) is 0.600. The number of nitrogens with zero attached hydrogens (tertiary/aromatic N) is 1. The maximum Gasteiger partial charge on any atom is 0.332 e. The summed E-state index contributed by atoms with van der Waals surface area (Å²) in [6, 6.07) is 0. The van der Waals surface area contributed by atoms with E-state index >= 15 is 0 Å². The van der Waals surface area contributed by atoms with Crippen molar-refractivity contribution in [2.45, 2.75) is 32.6 Å². The number of rotatable bonds is 6. The Balaban J connectivity index is 3.08. The average molecular weight is 297 g/mol. The first kappa shape index (κ1) is 17.2. The van der Waals surface area contributed by atoms with Crippen LogP contribution in [-0.2, 0) is 23.8 Å². The van der Waals surface area contributed by atoms with E-state index in [1.165, 1.54) is 20.3 Å². The minimum Gasteiger partial charge on any atom is -0.469 e. The largest absolute Gasteiger partial charge is 0.469 e. The van der Waals surface area contributed by atoms with Crippen LogP contribution in [0.5, 0.6) is 0 Å². The molecule has 1 saturated heterocycles. The molecule has 0 aromatic carbocycles. The lowest BCUT2D eigenvalue weighted by atomic mass is 10.0. The summed E-state index contributed by atoms with van der Waals surface area (Å²) in [5, 5.41) is 0. The van der Waals surface area contributed by atoms with Crippen molar-refractivity contribution in [3.8, 4) is 0 Å². The van der Waals surface area contributed by atoms with Gasteiger partial charge in [0.2, 0.25) is 0 Å². The minimum atomic E-state index is -0.473. The van der Waals surface area contributed by atoms with E-state index in [4.69, 9.17) is 4.74 Å². The summed E-state index contributed by atoms with van der Waals surface area (Å²) in [5.74, 6) is -0.668. The molecule has 1 rings (SSSR count). The van der Waals surface area contributed by atoms with Crippen molar-refractivity contribution < 1.29 is 23.8 Å². The zero-order valence-corrected chi connectivity index (χ0v) is 13.0. The summed E-state index contributed by atoms with van der Waals surface area (Å²) in [7, 11) is 2.66. The molecule has 0 amide bonds. The third-order valence-corrected chi connectivity index (χ3v) is 3.24. The molecule has 0 saturated carbocycles. The molecule has 0 aromatic heterocycles. The molecule has 1 aliphatic rings. The van der Waals surface area contributed by atoms with Crippen LogP contribution in [-0.4, -0.2) is 49.9 Å². The van der Waals surface area contributed by atoms with Crippen molar-refractivity contribution in [3.05, 3.63) is 24.4 Å². The highest BCUT2D eigenvalue weighted by atomic mass is 16.5. The molecule has 21 heavy (non-hydrogen) atoms. The summed E-state index contributed by atoms with van der Waals surface area (Å²) in [6.07, 6.45) is 2.44. The number of methoxy groups -OCH3 is 2. The highest BCUT2D eigenvalue weighted by Gasteiger charge is 2.39. The highest BCUT2D eigenvalue weighted by Crippen LogP contribution is 2.33. The SMILES string of the molecule is C=CCN1/C(=C/C(=O)OC)C(C(C)C)OC1CC(=O)OC. The van der Waals surface area contributed by atoms with Crippen molar-refractivity contribution in [1.82, 2.24) is 4.90 Å². The fourth-order valence-corrected chi connectivity index (χ4v) is 2.23. The molecule has 0 bridgehead atoms. The van der Waals surface area contributed by atoms with Crippen LogP contribution >= 0.6 is 0 Å². The molecule has 6 heteroatoms. The molecule has 1 heterocycles. The number of esters is 2. The number of carbonyl (C=O) groups excluding carboxylic acids is 2. The quantitative estimate of drug-likeness (QED) is 0.420. The molecule has 0 radical (unpaired) electrons. The van der Waals surface area contributed by atoms with E-state index in [2.05, 4.69) is 16.1 Å². The third-order valence-electron chi connectivity index (χ3n) is 3.24. The Morgan fingerprint density at radius 1 is 1.38 bits per heavy atom. The molecule has 2 atom stereocenters. The van der Waals surface area contributed by atoms with Crippen LogP contribution in [0.4, 0.5) is 0 Å². The predicted molar refractivity (Wildman–Crippen MR) is 77.1 cm³/mol. The van der Waals surface area contributed by atoms with E-state index in [9.17, 15) is 9.59 Å². The van der Waals surface area contributed by atoms with Gasteiger partial charge in [-0.15, -0.1) is 6.58 Å². The van der Waals surface area contributed by atoms with E-state index in [1.807, 2.05) is 18.7 Å². The topological polar surface area (TPSA) is 65.1 Å². The van der Waals surface area contributed by atoms with Gasteiger partial charge < -0.3 is 19.1 Å². The summed E-state index contributed by atoms with van der Waals surface area (Å²) in [5.41, 5.74) is 0.700. The van der Waals surface area contributed by atoms with Crippen LogP contribution in [0.15, 0.2) is 24.4 Å². The zero-order chi connectivity index (χ0) is 16.0. The lowest BCUT2D eigenvalue weighted by Crippen LogP contribution is -2.32. The van der Waals surface area contributed by atoms with E-state index in [0.29, 0.717) is 12.2 Å². The summed E-state index contributed by atoms with van der Waals surface area (Å²) in [4.78, 5) is 24.9. The maximum absolute atomic E-state index is 11.6. The van der Waals surface area contributed by atoms with Gasteiger partial charge in [0, 0.05) is 12.6 Å².